The fraction of sp³-hybridized carbons (Fsp3) is 0.833. The largest absolute Gasteiger partial charge is 0.420 e. The van der Waals surface area contributed by atoms with E-state index in [0.29, 0.717) is 6.42 Å². The van der Waals surface area contributed by atoms with E-state index in [9.17, 15) is 13.2 Å². The molecule has 0 saturated carbocycles. The highest BCUT2D eigenvalue weighted by Crippen LogP contribution is 2.36. The van der Waals surface area contributed by atoms with Crippen LogP contribution >= 0.6 is 0 Å². The van der Waals surface area contributed by atoms with Gasteiger partial charge in [-0.15, -0.1) is 0 Å². The third kappa shape index (κ3) is 1.18. The summed E-state index contributed by atoms with van der Waals surface area (Å²) in [6.45, 7) is 0.271. The number of nitriles is 1. The minimum Gasteiger partial charge on any atom is -0.292 e. The lowest BCUT2D eigenvalue weighted by atomic mass is 9.99. The van der Waals surface area contributed by atoms with E-state index >= 15 is 0 Å². The molecule has 11 heavy (non-hydrogen) atoms. The maximum Gasteiger partial charge on any atom is 0.420 e. The average molecular weight is 164 g/mol. The summed E-state index contributed by atoms with van der Waals surface area (Å²) in [6, 6.07) is 1.28. The van der Waals surface area contributed by atoms with Crippen molar-refractivity contribution in [3.8, 4) is 6.07 Å². The van der Waals surface area contributed by atoms with Gasteiger partial charge in [0.2, 0.25) is 5.54 Å². The van der Waals surface area contributed by atoms with Gasteiger partial charge in [-0.3, -0.25) is 5.32 Å². The van der Waals surface area contributed by atoms with Crippen molar-refractivity contribution in [2.45, 2.75) is 24.6 Å². The molecule has 5 heteroatoms. The van der Waals surface area contributed by atoms with Crippen LogP contribution in [-0.4, -0.2) is 18.3 Å². The number of hydrogen-bond acceptors (Lipinski definition) is 2. The molecular formula is C6H7F3N2. The molecule has 1 N–H and O–H groups in total. The first kappa shape index (κ1) is 8.34. The second-order valence-electron chi connectivity index (χ2n) is 2.55. The molecule has 2 nitrogen and oxygen atoms in total. The summed E-state index contributed by atoms with van der Waals surface area (Å²) in [7, 11) is 0. The normalized spacial score (nSPS) is 31.8. The molecule has 0 amide bonds. The van der Waals surface area contributed by atoms with E-state index in [2.05, 4.69) is 5.32 Å². The molecule has 0 bridgehead atoms. The molecule has 1 unspecified atom stereocenters. The summed E-state index contributed by atoms with van der Waals surface area (Å²) >= 11 is 0. The minimum absolute atomic E-state index is 0.132. The van der Waals surface area contributed by atoms with Crippen molar-refractivity contribution in [3.05, 3.63) is 0 Å². The Morgan fingerprint density at radius 2 is 2.09 bits per heavy atom. The fourth-order valence-corrected chi connectivity index (χ4v) is 1.14. The Labute approximate surface area is 62.0 Å². The number of halogens is 3. The van der Waals surface area contributed by atoms with Crippen LogP contribution in [0, 0.1) is 11.3 Å². The van der Waals surface area contributed by atoms with Crippen LogP contribution in [0.1, 0.15) is 12.8 Å². The van der Waals surface area contributed by atoms with Crippen molar-refractivity contribution in [3.63, 3.8) is 0 Å². The maximum absolute atomic E-state index is 12.1. The molecule has 1 saturated heterocycles. The topological polar surface area (TPSA) is 35.8 Å². The van der Waals surface area contributed by atoms with E-state index in [0.717, 1.165) is 0 Å². The number of alkyl halides is 3. The molecule has 0 radical (unpaired) electrons. The first-order chi connectivity index (χ1) is 5.02. The summed E-state index contributed by atoms with van der Waals surface area (Å²) in [6.07, 6.45) is -4.17. The van der Waals surface area contributed by atoms with E-state index < -0.39 is 11.7 Å². The van der Waals surface area contributed by atoms with Crippen LogP contribution in [0.4, 0.5) is 13.2 Å². The van der Waals surface area contributed by atoms with E-state index in [1.807, 2.05) is 0 Å². The molecule has 0 aromatic rings. The Bertz CT molecular complexity index is 185. The Kier molecular flexibility index (Phi) is 1.80. The zero-order chi connectivity index (χ0) is 8.54. The van der Waals surface area contributed by atoms with Gasteiger partial charge in [0.1, 0.15) is 0 Å². The quantitative estimate of drug-likeness (QED) is 0.583. The van der Waals surface area contributed by atoms with Gasteiger partial charge in [0.15, 0.2) is 0 Å². The van der Waals surface area contributed by atoms with E-state index in [1.54, 1.807) is 0 Å². The van der Waals surface area contributed by atoms with Crippen molar-refractivity contribution < 1.29 is 13.2 Å². The highest BCUT2D eigenvalue weighted by molar-refractivity contribution is 5.14. The summed E-state index contributed by atoms with van der Waals surface area (Å²) in [5.74, 6) is 0. The van der Waals surface area contributed by atoms with Crippen molar-refractivity contribution in [2.75, 3.05) is 6.54 Å². The summed E-state index contributed by atoms with van der Waals surface area (Å²) in [4.78, 5) is 0. The van der Waals surface area contributed by atoms with Crippen LogP contribution in [-0.2, 0) is 0 Å². The molecule has 1 heterocycles. The van der Waals surface area contributed by atoms with Crippen LogP contribution in [0.2, 0.25) is 0 Å². The first-order valence-electron chi connectivity index (χ1n) is 3.25. The zero-order valence-electron chi connectivity index (χ0n) is 5.70. The Hall–Kier alpha value is -0.760. The molecular weight excluding hydrogens is 157 g/mol. The monoisotopic (exact) mass is 164 g/mol. The number of rotatable bonds is 0. The maximum atomic E-state index is 12.1. The Morgan fingerprint density at radius 1 is 1.45 bits per heavy atom. The highest BCUT2D eigenvalue weighted by atomic mass is 19.4. The predicted molar refractivity (Wildman–Crippen MR) is 31.6 cm³/mol. The third-order valence-electron chi connectivity index (χ3n) is 1.83. The summed E-state index contributed by atoms with van der Waals surface area (Å²) in [5.41, 5.74) is -2.27. The van der Waals surface area contributed by atoms with E-state index in [4.69, 9.17) is 5.26 Å². The van der Waals surface area contributed by atoms with Crippen molar-refractivity contribution >= 4 is 0 Å². The second kappa shape index (κ2) is 2.38. The number of hydrogen-bond donors (Lipinski definition) is 1. The smallest absolute Gasteiger partial charge is 0.292 e. The van der Waals surface area contributed by atoms with Crippen LogP contribution in [0.3, 0.4) is 0 Å². The van der Waals surface area contributed by atoms with Gasteiger partial charge in [0.05, 0.1) is 6.07 Å². The number of nitrogens with zero attached hydrogens (tertiary/aromatic N) is 1. The SMILES string of the molecule is N#CC1(C(F)(F)F)CCCN1. The second-order valence-corrected chi connectivity index (χ2v) is 2.55. The van der Waals surface area contributed by atoms with Crippen LogP contribution in [0.5, 0.6) is 0 Å². The zero-order valence-corrected chi connectivity index (χ0v) is 5.70. The van der Waals surface area contributed by atoms with Gasteiger partial charge in [-0.1, -0.05) is 0 Å². The van der Waals surface area contributed by atoms with E-state index in [1.165, 1.54) is 6.07 Å². The first-order valence-corrected chi connectivity index (χ1v) is 3.25. The van der Waals surface area contributed by atoms with Gasteiger partial charge < -0.3 is 0 Å². The van der Waals surface area contributed by atoms with E-state index in [-0.39, 0.29) is 13.0 Å². The lowest BCUT2D eigenvalue weighted by molar-refractivity contribution is -0.174. The van der Waals surface area contributed by atoms with Crippen LogP contribution in [0.15, 0.2) is 0 Å². The van der Waals surface area contributed by atoms with Gasteiger partial charge in [-0.25, -0.2) is 0 Å². The van der Waals surface area contributed by atoms with Crippen LogP contribution < -0.4 is 5.32 Å². The van der Waals surface area contributed by atoms with Gasteiger partial charge in [-0.2, -0.15) is 18.4 Å². The molecule has 1 aliphatic heterocycles. The molecule has 0 spiro atoms. The highest BCUT2D eigenvalue weighted by Gasteiger charge is 2.56. The van der Waals surface area contributed by atoms with Crippen LogP contribution in [0.25, 0.3) is 0 Å². The lowest BCUT2D eigenvalue weighted by Crippen LogP contribution is -2.51. The molecule has 0 aliphatic carbocycles. The molecule has 62 valence electrons. The Morgan fingerprint density at radius 3 is 2.27 bits per heavy atom. The van der Waals surface area contributed by atoms with Gasteiger partial charge in [0.25, 0.3) is 0 Å². The van der Waals surface area contributed by atoms with Crippen molar-refractivity contribution in [2.24, 2.45) is 0 Å². The predicted octanol–water partition coefficient (Wildman–Crippen LogP) is 1.19. The molecule has 1 fully saturated rings. The van der Waals surface area contributed by atoms with Crippen molar-refractivity contribution in [1.82, 2.24) is 5.32 Å². The summed E-state index contributed by atoms with van der Waals surface area (Å²) in [5, 5.41) is 10.5. The molecule has 0 aromatic heterocycles. The number of nitrogens with one attached hydrogen (secondary N) is 1. The molecule has 0 aromatic carbocycles. The Balaban J connectivity index is 2.86. The third-order valence-corrected chi connectivity index (χ3v) is 1.83. The van der Waals surface area contributed by atoms with Crippen molar-refractivity contribution in [1.29, 1.82) is 5.26 Å². The summed E-state index contributed by atoms with van der Waals surface area (Å²) < 4.78 is 36.4. The molecule has 1 atom stereocenters. The van der Waals surface area contributed by atoms with Gasteiger partial charge in [-0.05, 0) is 19.4 Å². The lowest BCUT2D eigenvalue weighted by Gasteiger charge is -2.23. The fourth-order valence-electron chi connectivity index (χ4n) is 1.14. The molecule has 1 rings (SSSR count). The molecule has 1 aliphatic rings. The average Bonchev–Trinajstić information content (AvgIpc) is 2.33. The van der Waals surface area contributed by atoms with Gasteiger partial charge >= 0.3 is 6.18 Å². The standard InChI is InChI=1S/C6H7F3N2/c7-6(8,9)5(4-10)2-1-3-11-5/h11H,1-3H2. The van der Waals surface area contributed by atoms with Gasteiger partial charge in [0, 0.05) is 0 Å². The minimum atomic E-state index is -4.45.